The van der Waals surface area contributed by atoms with Gasteiger partial charge in [-0.25, -0.2) is 4.98 Å². The molecule has 1 aromatic carbocycles. The van der Waals surface area contributed by atoms with Gasteiger partial charge in [0.05, 0.1) is 5.69 Å². The number of furan rings is 1. The zero-order chi connectivity index (χ0) is 16.4. The molecule has 3 aromatic rings. The molecular weight excluding hydrogens is 322 g/mol. The number of thiazole rings is 1. The Morgan fingerprint density at radius 3 is 2.96 bits per heavy atom. The molecule has 4 rings (SSSR count). The zero-order valence-electron chi connectivity index (χ0n) is 13.3. The second-order valence-corrected chi connectivity index (χ2v) is 6.81. The first-order chi connectivity index (χ1) is 11.8. The molecule has 1 aliphatic rings. The van der Waals surface area contributed by atoms with E-state index in [1.54, 1.807) is 17.4 Å². The number of amides is 1. The molecule has 1 amide bonds. The number of carbonyl (C=O) groups is 1. The van der Waals surface area contributed by atoms with Crippen molar-refractivity contribution in [3.05, 3.63) is 47.2 Å². The van der Waals surface area contributed by atoms with Gasteiger partial charge in [-0.05, 0) is 25.0 Å². The third-order valence-electron chi connectivity index (χ3n) is 4.23. The molecule has 2 aromatic heterocycles. The van der Waals surface area contributed by atoms with Gasteiger partial charge in [-0.15, -0.1) is 11.3 Å². The lowest BCUT2D eigenvalue weighted by Crippen LogP contribution is -2.25. The quantitative estimate of drug-likeness (QED) is 0.772. The lowest BCUT2D eigenvalue weighted by molar-refractivity contribution is 0.0928. The first-order valence-corrected chi connectivity index (χ1v) is 9.14. The van der Waals surface area contributed by atoms with Crippen LogP contribution in [0.15, 0.2) is 40.1 Å². The van der Waals surface area contributed by atoms with Gasteiger partial charge in [0.25, 0.3) is 5.91 Å². The van der Waals surface area contributed by atoms with E-state index in [2.05, 4.69) is 20.6 Å². The molecule has 0 saturated carbocycles. The summed E-state index contributed by atoms with van der Waals surface area (Å²) in [4.78, 5) is 19.2. The number of nitrogens with zero attached hydrogens (tertiary/aromatic N) is 2. The lowest BCUT2D eigenvalue weighted by atomic mass is 10.2. The highest BCUT2D eigenvalue weighted by Crippen LogP contribution is 2.24. The maximum Gasteiger partial charge on any atom is 0.287 e. The number of fused-ring (bicyclic) bond motifs is 1. The average molecular weight is 341 g/mol. The maximum absolute atomic E-state index is 12.2. The zero-order valence-corrected chi connectivity index (χ0v) is 14.1. The predicted molar refractivity (Wildman–Crippen MR) is 95.8 cm³/mol. The summed E-state index contributed by atoms with van der Waals surface area (Å²) < 4.78 is 5.57. The van der Waals surface area contributed by atoms with Crippen LogP contribution in [0.25, 0.3) is 11.0 Å². The molecule has 0 radical (unpaired) electrons. The number of hydrogen-bond donors (Lipinski definition) is 1. The van der Waals surface area contributed by atoms with Crippen LogP contribution in [0.5, 0.6) is 0 Å². The van der Waals surface area contributed by atoms with E-state index in [1.165, 1.54) is 12.8 Å². The van der Waals surface area contributed by atoms with Crippen LogP contribution in [0.2, 0.25) is 0 Å². The lowest BCUT2D eigenvalue weighted by Gasteiger charge is -2.12. The summed E-state index contributed by atoms with van der Waals surface area (Å²) in [6, 6.07) is 9.40. The number of para-hydroxylation sites is 1. The van der Waals surface area contributed by atoms with Gasteiger partial charge in [-0.3, -0.25) is 4.79 Å². The monoisotopic (exact) mass is 341 g/mol. The molecule has 1 N–H and O–H groups in total. The molecule has 124 valence electrons. The van der Waals surface area contributed by atoms with Gasteiger partial charge in [0, 0.05) is 36.8 Å². The van der Waals surface area contributed by atoms with Gasteiger partial charge >= 0.3 is 0 Å². The number of hydrogen-bond acceptors (Lipinski definition) is 5. The second kappa shape index (κ2) is 6.65. The predicted octanol–water partition coefficient (Wildman–Crippen LogP) is 3.46. The molecule has 0 aliphatic carbocycles. The smallest absolute Gasteiger partial charge is 0.287 e. The van der Waals surface area contributed by atoms with E-state index < -0.39 is 0 Å². The first kappa shape index (κ1) is 15.2. The van der Waals surface area contributed by atoms with Gasteiger partial charge in [0.1, 0.15) is 5.58 Å². The largest absolute Gasteiger partial charge is 0.451 e. The van der Waals surface area contributed by atoms with Crippen molar-refractivity contribution >= 4 is 33.3 Å². The summed E-state index contributed by atoms with van der Waals surface area (Å²) in [7, 11) is 0. The van der Waals surface area contributed by atoms with Crippen LogP contribution in [0.3, 0.4) is 0 Å². The fourth-order valence-corrected chi connectivity index (χ4v) is 3.86. The Morgan fingerprint density at radius 2 is 2.12 bits per heavy atom. The van der Waals surface area contributed by atoms with E-state index in [9.17, 15) is 4.79 Å². The minimum absolute atomic E-state index is 0.179. The molecule has 0 spiro atoms. The van der Waals surface area contributed by atoms with Crippen molar-refractivity contribution in [2.75, 3.05) is 24.5 Å². The molecule has 0 bridgehead atoms. The Hall–Kier alpha value is -2.34. The molecule has 3 heterocycles. The van der Waals surface area contributed by atoms with E-state index in [0.717, 1.165) is 41.3 Å². The first-order valence-electron chi connectivity index (χ1n) is 8.26. The van der Waals surface area contributed by atoms with Crippen molar-refractivity contribution in [2.24, 2.45) is 0 Å². The number of aromatic nitrogens is 1. The average Bonchev–Trinajstić information content (AvgIpc) is 3.33. The molecule has 5 nitrogen and oxygen atoms in total. The number of benzene rings is 1. The van der Waals surface area contributed by atoms with E-state index in [4.69, 9.17) is 4.42 Å². The van der Waals surface area contributed by atoms with Crippen LogP contribution in [-0.4, -0.2) is 30.5 Å². The van der Waals surface area contributed by atoms with Crippen LogP contribution >= 0.6 is 11.3 Å². The van der Waals surface area contributed by atoms with Gasteiger partial charge in [-0.2, -0.15) is 0 Å². The number of carbonyl (C=O) groups excluding carboxylic acids is 1. The Balaban J connectivity index is 1.32. The van der Waals surface area contributed by atoms with Gasteiger partial charge in [0.15, 0.2) is 10.9 Å². The molecule has 24 heavy (non-hydrogen) atoms. The highest BCUT2D eigenvalue weighted by Gasteiger charge is 2.16. The van der Waals surface area contributed by atoms with Crippen LogP contribution in [0.1, 0.15) is 29.1 Å². The van der Waals surface area contributed by atoms with Crippen molar-refractivity contribution in [2.45, 2.75) is 19.3 Å². The van der Waals surface area contributed by atoms with Gasteiger partial charge in [-0.1, -0.05) is 18.2 Å². The molecule has 0 atom stereocenters. The van der Waals surface area contributed by atoms with Gasteiger partial charge < -0.3 is 14.6 Å². The minimum atomic E-state index is -0.179. The third-order valence-corrected chi connectivity index (χ3v) is 5.18. The molecule has 1 fully saturated rings. The SMILES string of the molecule is O=C(NCCc1csc(N2CCCC2)n1)c1cc2ccccc2o1. The molecule has 1 aliphatic heterocycles. The summed E-state index contributed by atoms with van der Waals surface area (Å²) >= 11 is 1.69. The standard InChI is InChI=1S/C18H19N3O2S/c22-17(16-11-13-5-1-2-6-15(13)23-16)19-8-7-14-12-24-18(20-14)21-9-3-4-10-21/h1-2,5-6,11-12H,3-4,7-10H2,(H,19,22). The summed E-state index contributed by atoms with van der Waals surface area (Å²) in [5, 5.41) is 7.03. The summed E-state index contributed by atoms with van der Waals surface area (Å²) in [5.41, 5.74) is 1.77. The number of rotatable bonds is 5. The molecule has 0 unspecified atom stereocenters. The summed E-state index contributed by atoms with van der Waals surface area (Å²) in [5.74, 6) is 0.174. The van der Waals surface area contributed by atoms with Crippen LogP contribution < -0.4 is 10.2 Å². The molecule has 6 heteroatoms. The van der Waals surface area contributed by atoms with E-state index in [1.807, 2.05) is 24.3 Å². The number of anilines is 1. The highest BCUT2D eigenvalue weighted by molar-refractivity contribution is 7.13. The van der Waals surface area contributed by atoms with Gasteiger partial charge in [0.2, 0.25) is 0 Å². The van der Waals surface area contributed by atoms with Crippen LogP contribution in [0, 0.1) is 0 Å². The van der Waals surface area contributed by atoms with Crippen molar-refractivity contribution in [1.29, 1.82) is 0 Å². The normalized spacial score (nSPS) is 14.4. The van der Waals surface area contributed by atoms with Crippen molar-refractivity contribution < 1.29 is 9.21 Å². The third kappa shape index (κ3) is 3.14. The topological polar surface area (TPSA) is 58.4 Å². The minimum Gasteiger partial charge on any atom is -0.451 e. The van der Waals surface area contributed by atoms with Crippen molar-refractivity contribution in [3.63, 3.8) is 0 Å². The van der Waals surface area contributed by atoms with Crippen LogP contribution in [-0.2, 0) is 6.42 Å². The summed E-state index contributed by atoms with van der Waals surface area (Å²) in [6.45, 7) is 2.77. The van der Waals surface area contributed by atoms with E-state index in [-0.39, 0.29) is 5.91 Å². The fourth-order valence-electron chi connectivity index (χ4n) is 2.95. The second-order valence-electron chi connectivity index (χ2n) is 5.97. The molecular formula is C18H19N3O2S. The summed E-state index contributed by atoms with van der Waals surface area (Å²) in [6.07, 6.45) is 3.24. The van der Waals surface area contributed by atoms with Crippen molar-refractivity contribution in [1.82, 2.24) is 10.3 Å². The highest BCUT2D eigenvalue weighted by atomic mass is 32.1. The molecule has 1 saturated heterocycles. The maximum atomic E-state index is 12.2. The Kier molecular flexibility index (Phi) is 4.21. The van der Waals surface area contributed by atoms with Crippen LogP contribution in [0.4, 0.5) is 5.13 Å². The number of nitrogens with one attached hydrogen (secondary N) is 1. The Morgan fingerprint density at radius 1 is 1.29 bits per heavy atom. The Labute approximate surface area is 144 Å². The van der Waals surface area contributed by atoms with Crippen molar-refractivity contribution in [3.8, 4) is 0 Å². The van der Waals surface area contributed by atoms with E-state index in [0.29, 0.717) is 12.3 Å². The Bertz CT molecular complexity index is 816. The van der Waals surface area contributed by atoms with E-state index >= 15 is 0 Å². The fraction of sp³-hybridized carbons (Fsp3) is 0.333.